The Bertz CT molecular complexity index is 606. The number of anilines is 1. The van der Waals surface area contributed by atoms with Crippen LogP contribution in [0.15, 0.2) is 22.7 Å². The standard InChI is InChI=1S/C13H14FN3O2/c1-13(5-2-6-18-13)12-16-11(19-17-12)8-3-4-10(15)9(14)7-8/h3-4,7H,2,5-6,15H2,1H3. The van der Waals surface area contributed by atoms with Crippen LogP contribution in [0.5, 0.6) is 0 Å². The molecule has 1 unspecified atom stereocenters. The highest BCUT2D eigenvalue weighted by Gasteiger charge is 2.36. The van der Waals surface area contributed by atoms with E-state index >= 15 is 0 Å². The lowest BCUT2D eigenvalue weighted by Gasteiger charge is -2.17. The average Bonchev–Trinajstić information content (AvgIpc) is 3.02. The molecule has 1 saturated heterocycles. The summed E-state index contributed by atoms with van der Waals surface area (Å²) in [5, 5.41) is 3.93. The quantitative estimate of drug-likeness (QED) is 0.842. The van der Waals surface area contributed by atoms with Crippen LogP contribution in [0.4, 0.5) is 10.1 Å². The van der Waals surface area contributed by atoms with Gasteiger partial charge in [0.05, 0.1) is 5.69 Å². The molecule has 0 spiro atoms. The predicted octanol–water partition coefficient (Wildman–Crippen LogP) is 2.48. The van der Waals surface area contributed by atoms with Crippen molar-refractivity contribution in [3.63, 3.8) is 0 Å². The molecule has 5 nitrogen and oxygen atoms in total. The van der Waals surface area contributed by atoms with Gasteiger partial charge in [-0.15, -0.1) is 0 Å². The number of rotatable bonds is 2. The number of halogens is 1. The molecule has 0 saturated carbocycles. The Labute approximate surface area is 109 Å². The lowest BCUT2D eigenvalue weighted by atomic mass is 10.0. The molecular formula is C13H14FN3O2. The number of benzene rings is 1. The van der Waals surface area contributed by atoms with Crippen molar-refractivity contribution in [2.45, 2.75) is 25.4 Å². The van der Waals surface area contributed by atoms with E-state index in [0.29, 0.717) is 18.0 Å². The monoisotopic (exact) mass is 263 g/mol. The van der Waals surface area contributed by atoms with E-state index in [-0.39, 0.29) is 11.6 Å². The van der Waals surface area contributed by atoms with Gasteiger partial charge in [-0.25, -0.2) is 4.39 Å². The summed E-state index contributed by atoms with van der Waals surface area (Å²) in [6, 6.07) is 4.40. The average molecular weight is 263 g/mol. The molecule has 3 rings (SSSR count). The van der Waals surface area contributed by atoms with Crippen molar-refractivity contribution in [2.75, 3.05) is 12.3 Å². The van der Waals surface area contributed by atoms with Crippen molar-refractivity contribution in [1.29, 1.82) is 0 Å². The SMILES string of the molecule is CC1(c2noc(-c3ccc(N)c(F)c3)n2)CCCO1. The molecule has 0 radical (unpaired) electrons. The van der Waals surface area contributed by atoms with Crippen molar-refractivity contribution >= 4 is 5.69 Å². The smallest absolute Gasteiger partial charge is 0.258 e. The second-order valence-corrected chi connectivity index (χ2v) is 4.84. The summed E-state index contributed by atoms with van der Waals surface area (Å²) in [5.41, 5.74) is 5.52. The molecule has 0 amide bonds. The maximum absolute atomic E-state index is 13.4. The fourth-order valence-corrected chi connectivity index (χ4v) is 2.17. The molecule has 1 fully saturated rings. The first kappa shape index (κ1) is 12.1. The molecule has 2 heterocycles. The van der Waals surface area contributed by atoms with Gasteiger partial charge in [-0.1, -0.05) is 5.16 Å². The van der Waals surface area contributed by atoms with Gasteiger partial charge in [0.2, 0.25) is 5.82 Å². The largest absolute Gasteiger partial charge is 0.396 e. The summed E-state index contributed by atoms with van der Waals surface area (Å²) >= 11 is 0. The maximum Gasteiger partial charge on any atom is 0.258 e. The minimum atomic E-state index is -0.506. The molecular weight excluding hydrogens is 249 g/mol. The van der Waals surface area contributed by atoms with E-state index < -0.39 is 11.4 Å². The lowest BCUT2D eigenvalue weighted by Crippen LogP contribution is -2.21. The number of nitrogens with zero attached hydrogens (tertiary/aromatic N) is 2. The highest BCUT2D eigenvalue weighted by atomic mass is 19.1. The first-order valence-electron chi connectivity index (χ1n) is 6.12. The van der Waals surface area contributed by atoms with Crippen molar-refractivity contribution in [1.82, 2.24) is 10.1 Å². The van der Waals surface area contributed by atoms with E-state index in [1.165, 1.54) is 12.1 Å². The van der Waals surface area contributed by atoms with Crippen LogP contribution in [0.1, 0.15) is 25.6 Å². The third kappa shape index (κ3) is 2.08. The summed E-state index contributed by atoms with van der Waals surface area (Å²) in [6.45, 7) is 2.62. The van der Waals surface area contributed by atoms with E-state index in [1.807, 2.05) is 6.92 Å². The van der Waals surface area contributed by atoms with Crippen LogP contribution in [0, 0.1) is 5.82 Å². The van der Waals surface area contributed by atoms with Crippen LogP contribution in [0.3, 0.4) is 0 Å². The van der Waals surface area contributed by atoms with Gasteiger partial charge in [0, 0.05) is 12.2 Å². The summed E-state index contributed by atoms with van der Waals surface area (Å²) in [6.07, 6.45) is 1.82. The van der Waals surface area contributed by atoms with Crippen molar-refractivity contribution in [2.24, 2.45) is 0 Å². The van der Waals surface area contributed by atoms with Crippen LogP contribution >= 0.6 is 0 Å². The van der Waals surface area contributed by atoms with Crippen molar-refractivity contribution < 1.29 is 13.7 Å². The van der Waals surface area contributed by atoms with Crippen LogP contribution in [-0.4, -0.2) is 16.7 Å². The van der Waals surface area contributed by atoms with Crippen LogP contribution in [-0.2, 0) is 10.3 Å². The molecule has 1 aliphatic rings. The molecule has 1 aromatic heterocycles. The van der Waals surface area contributed by atoms with E-state index in [0.717, 1.165) is 12.8 Å². The van der Waals surface area contributed by atoms with Gasteiger partial charge >= 0.3 is 0 Å². The van der Waals surface area contributed by atoms with Gasteiger partial charge in [0.15, 0.2) is 0 Å². The fraction of sp³-hybridized carbons (Fsp3) is 0.385. The van der Waals surface area contributed by atoms with Gasteiger partial charge in [0.25, 0.3) is 5.89 Å². The number of ether oxygens (including phenoxy) is 1. The van der Waals surface area contributed by atoms with Gasteiger partial charge in [-0.2, -0.15) is 4.98 Å². The van der Waals surface area contributed by atoms with Gasteiger partial charge in [0.1, 0.15) is 11.4 Å². The fourth-order valence-electron chi connectivity index (χ4n) is 2.17. The van der Waals surface area contributed by atoms with E-state index in [2.05, 4.69) is 10.1 Å². The molecule has 100 valence electrons. The Morgan fingerprint density at radius 2 is 2.26 bits per heavy atom. The molecule has 0 aliphatic carbocycles. The highest BCUT2D eigenvalue weighted by Crippen LogP contribution is 2.34. The first-order valence-corrected chi connectivity index (χ1v) is 6.12. The zero-order valence-corrected chi connectivity index (χ0v) is 10.5. The maximum atomic E-state index is 13.4. The first-order chi connectivity index (χ1) is 9.08. The Balaban J connectivity index is 1.94. The molecule has 19 heavy (non-hydrogen) atoms. The second kappa shape index (κ2) is 4.31. The van der Waals surface area contributed by atoms with E-state index in [9.17, 15) is 4.39 Å². The Morgan fingerprint density at radius 1 is 1.42 bits per heavy atom. The highest BCUT2D eigenvalue weighted by molar-refractivity contribution is 5.57. The lowest BCUT2D eigenvalue weighted by molar-refractivity contribution is 0.00768. The Hall–Kier alpha value is -1.95. The summed E-state index contributed by atoms with van der Waals surface area (Å²) < 4.78 is 24.2. The Morgan fingerprint density at radius 3 is 2.95 bits per heavy atom. The number of nitrogens with two attached hydrogens (primary N) is 1. The number of nitrogen functional groups attached to an aromatic ring is 1. The number of hydrogen-bond donors (Lipinski definition) is 1. The Kier molecular flexibility index (Phi) is 2.74. The molecule has 2 N–H and O–H groups in total. The summed E-state index contributed by atoms with van der Waals surface area (Å²) in [4.78, 5) is 4.29. The molecule has 2 aromatic rings. The number of aromatic nitrogens is 2. The van der Waals surface area contributed by atoms with E-state index in [1.54, 1.807) is 6.07 Å². The summed E-state index contributed by atoms with van der Waals surface area (Å²) in [7, 11) is 0. The molecule has 6 heteroatoms. The molecule has 0 bridgehead atoms. The molecule has 1 aliphatic heterocycles. The zero-order chi connectivity index (χ0) is 13.5. The van der Waals surface area contributed by atoms with E-state index in [4.69, 9.17) is 15.0 Å². The zero-order valence-electron chi connectivity index (χ0n) is 10.5. The minimum absolute atomic E-state index is 0.0922. The van der Waals surface area contributed by atoms with Crippen molar-refractivity contribution in [3.8, 4) is 11.5 Å². The van der Waals surface area contributed by atoms with Crippen molar-refractivity contribution in [3.05, 3.63) is 29.8 Å². The molecule has 1 aromatic carbocycles. The molecule has 1 atom stereocenters. The normalized spacial score (nSPS) is 22.8. The van der Waals surface area contributed by atoms with Crippen LogP contribution < -0.4 is 5.73 Å². The van der Waals surface area contributed by atoms with Gasteiger partial charge in [-0.3, -0.25) is 0 Å². The topological polar surface area (TPSA) is 74.2 Å². The predicted molar refractivity (Wildman–Crippen MR) is 66.6 cm³/mol. The third-order valence-corrected chi connectivity index (χ3v) is 3.37. The minimum Gasteiger partial charge on any atom is -0.396 e. The second-order valence-electron chi connectivity index (χ2n) is 4.84. The van der Waals surface area contributed by atoms with Crippen LogP contribution in [0.2, 0.25) is 0 Å². The van der Waals surface area contributed by atoms with Gasteiger partial charge < -0.3 is 15.0 Å². The van der Waals surface area contributed by atoms with Gasteiger partial charge in [-0.05, 0) is 38.0 Å². The number of hydrogen-bond acceptors (Lipinski definition) is 5. The van der Waals surface area contributed by atoms with Crippen LogP contribution in [0.25, 0.3) is 11.5 Å². The third-order valence-electron chi connectivity index (χ3n) is 3.37. The summed E-state index contributed by atoms with van der Waals surface area (Å²) in [5.74, 6) is 0.267.